The zero-order valence-electron chi connectivity index (χ0n) is 9.04. The number of nitrogens with two attached hydrogens (primary N) is 1. The second-order valence-electron chi connectivity index (χ2n) is 3.29. The molecule has 0 fully saturated rings. The Kier molecular flexibility index (Phi) is 4.00. The molecule has 0 saturated heterocycles. The molecule has 1 aromatic rings. The highest BCUT2D eigenvalue weighted by atomic mass is 32.2. The van der Waals surface area contributed by atoms with Gasteiger partial charge in [0.15, 0.2) is 5.03 Å². The van der Waals surface area contributed by atoms with E-state index >= 15 is 0 Å². The summed E-state index contributed by atoms with van der Waals surface area (Å²) in [5.74, 6) is 0. The van der Waals surface area contributed by atoms with E-state index in [1.807, 2.05) is 6.92 Å². The summed E-state index contributed by atoms with van der Waals surface area (Å²) in [6.45, 7) is 4.13. The molecule has 1 heterocycles. The van der Waals surface area contributed by atoms with E-state index in [1.165, 1.54) is 12.5 Å². The molecule has 0 aliphatic heterocycles. The van der Waals surface area contributed by atoms with Gasteiger partial charge in [0.25, 0.3) is 10.0 Å². The third-order valence-corrected chi connectivity index (χ3v) is 3.79. The van der Waals surface area contributed by atoms with Crippen molar-refractivity contribution in [3.63, 3.8) is 0 Å². The van der Waals surface area contributed by atoms with E-state index in [-0.39, 0.29) is 10.0 Å². The van der Waals surface area contributed by atoms with Crippen LogP contribution in [0.3, 0.4) is 0 Å². The van der Waals surface area contributed by atoms with Gasteiger partial charge in [0.1, 0.15) is 0 Å². The van der Waals surface area contributed by atoms with Gasteiger partial charge in [-0.15, -0.1) is 0 Å². The summed E-state index contributed by atoms with van der Waals surface area (Å²) >= 11 is 4.69. The van der Waals surface area contributed by atoms with Gasteiger partial charge < -0.3 is 10.3 Å². The van der Waals surface area contributed by atoms with Gasteiger partial charge in [0.05, 0.1) is 17.4 Å². The van der Waals surface area contributed by atoms with E-state index in [4.69, 9.17) is 5.73 Å². The molecule has 16 heavy (non-hydrogen) atoms. The quantitative estimate of drug-likeness (QED) is 0.721. The van der Waals surface area contributed by atoms with Crippen LogP contribution >= 0.6 is 12.2 Å². The van der Waals surface area contributed by atoms with Crippen molar-refractivity contribution in [1.29, 1.82) is 0 Å². The average Bonchev–Trinajstić information content (AvgIpc) is 2.65. The summed E-state index contributed by atoms with van der Waals surface area (Å²) in [5.41, 5.74) is 5.33. The summed E-state index contributed by atoms with van der Waals surface area (Å²) in [5, 5.41) is -0.0301. The standard InChI is InChI=1S/C8H14N4O2S2/c1-3-12-4-7(10-5-12)16(13,14)11-6(2)8(9)15/h4-6,11H,3H2,1-2H3,(H2,9,15). The number of hydrogen-bond acceptors (Lipinski definition) is 4. The third-order valence-electron chi connectivity index (χ3n) is 2.01. The molecular weight excluding hydrogens is 248 g/mol. The van der Waals surface area contributed by atoms with Crippen LogP contribution in [-0.4, -0.2) is 29.0 Å². The first kappa shape index (κ1) is 13.1. The normalized spacial score (nSPS) is 13.6. The molecule has 3 N–H and O–H groups in total. The highest BCUT2D eigenvalue weighted by Gasteiger charge is 2.20. The SMILES string of the molecule is CCn1cnc(S(=O)(=O)NC(C)C(N)=S)c1. The first-order chi connectivity index (χ1) is 7.36. The van der Waals surface area contributed by atoms with Gasteiger partial charge in [-0.1, -0.05) is 12.2 Å². The van der Waals surface area contributed by atoms with Crippen LogP contribution in [0.25, 0.3) is 0 Å². The Bertz CT molecular complexity index is 480. The van der Waals surface area contributed by atoms with Gasteiger partial charge in [-0.25, -0.2) is 18.1 Å². The lowest BCUT2D eigenvalue weighted by molar-refractivity contribution is 0.575. The van der Waals surface area contributed by atoms with E-state index in [9.17, 15) is 8.42 Å². The highest BCUT2D eigenvalue weighted by molar-refractivity contribution is 7.89. The van der Waals surface area contributed by atoms with Crippen molar-refractivity contribution in [2.75, 3.05) is 0 Å². The minimum Gasteiger partial charge on any atom is -0.392 e. The molecule has 8 heteroatoms. The van der Waals surface area contributed by atoms with E-state index in [2.05, 4.69) is 21.9 Å². The topological polar surface area (TPSA) is 90.0 Å². The zero-order valence-corrected chi connectivity index (χ0v) is 10.7. The molecule has 1 atom stereocenters. The van der Waals surface area contributed by atoms with E-state index in [0.29, 0.717) is 6.54 Å². The number of hydrogen-bond donors (Lipinski definition) is 2. The minimum absolute atomic E-state index is 0.0301. The summed E-state index contributed by atoms with van der Waals surface area (Å²) < 4.78 is 27.6. The van der Waals surface area contributed by atoms with Gasteiger partial charge >= 0.3 is 0 Å². The Morgan fingerprint density at radius 3 is 2.81 bits per heavy atom. The zero-order chi connectivity index (χ0) is 12.3. The van der Waals surface area contributed by atoms with Crippen molar-refractivity contribution in [1.82, 2.24) is 14.3 Å². The van der Waals surface area contributed by atoms with E-state index in [1.54, 1.807) is 11.5 Å². The van der Waals surface area contributed by atoms with Crippen LogP contribution in [0.5, 0.6) is 0 Å². The van der Waals surface area contributed by atoms with Gasteiger partial charge in [0.2, 0.25) is 0 Å². The Morgan fingerprint density at radius 1 is 1.75 bits per heavy atom. The molecular formula is C8H14N4O2S2. The van der Waals surface area contributed by atoms with Crippen LogP contribution in [0.2, 0.25) is 0 Å². The molecule has 0 spiro atoms. The molecule has 6 nitrogen and oxygen atoms in total. The second-order valence-corrected chi connectivity index (χ2v) is 5.42. The van der Waals surface area contributed by atoms with Crippen LogP contribution in [0.15, 0.2) is 17.6 Å². The van der Waals surface area contributed by atoms with Crippen molar-refractivity contribution >= 4 is 27.2 Å². The number of sulfonamides is 1. The predicted octanol–water partition coefficient (Wildman–Crippen LogP) is -0.144. The Labute approximate surface area is 99.9 Å². The molecule has 90 valence electrons. The number of imidazole rings is 1. The summed E-state index contributed by atoms with van der Waals surface area (Å²) in [6, 6.07) is -0.591. The monoisotopic (exact) mass is 262 g/mol. The molecule has 1 unspecified atom stereocenters. The fraction of sp³-hybridized carbons (Fsp3) is 0.500. The summed E-state index contributed by atoms with van der Waals surface area (Å²) in [4.78, 5) is 3.90. The first-order valence-corrected chi connectivity index (χ1v) is 6.59. The Morgan fingerprint density at radius 2 is 2.38 bits per heavy atom. The number of thiocarbonyl (C=S) groups is 1. The summed E-state index contributed by atoms with van der Waals surface area (Å²) in [6.07, 6.45) is 2.91. The number of aromatic nitrogens is 2. The van der Waals surface area contributed by atoms with Crippen molar-refractivity contribution in [3.8, 4) is 0 Å². The van der Waals surface area contributed by atoms with Crippen LogP contribution in [0.4, 0.5) is 0 Å². The molecule has 0 radical (unpaired) electrons. The molecule has 0 amide bonds. The lowest BCUT2D eigenvalue weighted by Crippen LogP contribution is -2.41. The predicted molar refractivity (Wildman–Crippen MR) is 64.5 cm³/mol. The fourth-order valence-electron chi connectivity index (χ4n) is 1.00. The minimum atomic E-state index is -3.64. The van der Waals surface area contributed by atoms with Gasteiger partial charge in [-0.2, -0.15) is 0 Å². The number of rotatable bonds is 5. The Balaban J connectivity index is 2.90. The van der Waals surface area contributed by atoms with Crippen molar-refractivity contribution < 1.29 is 8.42 Å². The molecule has 0 saturated carbocycles. The molecule has 1 aromatic heterocycles. The lowest BCUT2D eigenvalue weighted by Gasteiger charge is -2.10. The fourth-order valence-corrected chi connectivity index (χ4v) is 2.31. The summed E-state index contributed by atoms with van der Waals surface area (Å²) in [7, 11) is -3.64. The first-order valence-electron chi connectivity index (χ1n) is 4.70. The maximum absolute atomic E-state index is 11.8. The van der Waals surface area contributed by atoms with Crippen molar-refractivity contribution in [2.24, 2.45) is 5.73 Å². The molecule has 0 aromatic carbocycles. The van der Waals surface area contributed by atoms with Gasteiger partial charge in [0, 0.05) is 12.7 Å². The molecule has 1 rings (SSSR count). The van der Waals surface area contributed by atoms with Crippen LogP contribution in [0, 0.1) is 0 Å². The maximum atomic E-state index is 11.8. The van der Waals surface area contributed by atoms with E-state index in [0.717, 1.165) is 0 Å². The Hall–Kier alpha value is -0.990. The van der Waals surface area contributed by atoms with Crippen molar-refractivity contribution in [3.05, 3.63) is 12.5 Å². The average molecular weight is 262 g/mol. The van der Waals surface area contributed by atoms with Crippen LogP contribution < -0.4 is 10.5 Å². The smallest absolute Gasteiger partial charge is 0.260 e. The maximum Gasteiger partial charge on any atom is 0.260 e. The second kappa shape index (κ2) is 4.89. The largest absolute Gasteiger partial charge is 0.392 e. The van der Waals surface area contributed by atoms with Gasteiger partial charge in [-0.05, 0) is 13.8 Å². The van der Waals surface area contributed by atoms with E-state index < -0.39 is 16.1 Å². The van der Waals surface area contributed by atoms with Crippen LogP contribution in [0.1, 0.15) is 13.8 Å². The highest BCUT2D eigenvalue weighted by Crippen LogP contribution is 2.05. The number of nitrogens with zero attached hydrogens (tertiary/aromatic N) is 2. The third kappa shape index (κ3) is 3.00. The van der Waals surface area contributed by atoms with Crippen molar-refractivity contribution in [2.45, 2.75) is 31.5 Å². The lowest BCUT2D eigenvalue weighted by atomic mass is 10.4. The molecule has 0 aliphatic carbocycles. The number of nitrogens with one attached hydrogen (secondary N) is 1. The van der Waals surface area contributed by atoms with Crippen LogP contribution in [-0.2, 0) is 16.6 Å². The molecule has 0 bridgehead atoms. The number of aryl methyl sites for hydroxylation is 1. The molecule has 0 aliphatic rings. The van der Waals surface area contributed by atoms with Gasteiger partial charge in [-0.3, -0.25) is 0 Å².